The Kier molecular flexibility index (Phi) is 9.91. The lowest BCUT2D eigenvalue weighted by Gasteiger charge is -2.31. The molecule has 0 spiro atoms. The Morgan fingerprint density at radius 3 is 2.59 bits per heavy atom. The fraction of sp³-hybridized carbons (Fsp3) is 0.533. The summed E-state index contributed by atoms with van der Waals surface area (Å²) in [5.74, 6) is 1.33. The molecule has 2 aliphatic carbocycles. The standard InChI is InChI=1S/C30H39Cl2N3O2/c1-5-16-35(23-14-13-21(6-2)27(18-23)33-7-3)17-15-20(4)36-19-24-29(34-37-30(24)22-11-12-22)28-25(31)9-8-10-26(28)32/h7-10,18,20,22H,5-6,11-17,19H2,1-4H3/b33-7-. The predicted octanol–water partition coefficient (Wildman–Crippen LogP) is 8.97. The Labute approximate surface area is 231 Å². The van der Waals surface area contributed by atoms with Crippen molar-refractivity contribution >= 4 is 29.4 Å². The van der Waals surface area contributed by atoms with Crippen LogP contribution in [-0.2, 0) is 11.3 Å². The number of ether oxygens (including phenoxy) is 1. The highest BCUT2D eigenvalue weighted by Gasteiger charge is 2.33. The lowest BCUT2D eigenvalue weighted by molar-refractivity contribution is 0.0416. The van der Waals surface area contributed by atoms with Gasteiger partial charge in [-0.1, -0.05) is 48.3 Å². The Bertz CT molecular complexity index is 1140. The average Bonchev–Trinajstić information content (AvgIpc) is 3.65. The Hall–Kier alpha value is -2.08. The number of aromatic nitrogens is 1. The Morgan fingerprint density at radius 2 is 1.95 bits per heavy atom. The third-order valence-electron chi connectivity index (χ3n) is 7.23. The van der Waals surface area contributed by atoms with Crippen LogP contribution in [0.25, 0.3) is 11.3 Å². The van der Waals surface area contributed by atoms with E-state index in [2.05, 4.69) is 41.9 Å². The maximum atomic E-state index is 6.51. The molecule has 1 atom stereocenters. The molecule has 1 aromatic carbocycles. The first kappa shape index (κ1) is 27.9. The molecule has 4 rings (SSSR count). The highest BCUT2D eigenvalue weighted by Crippen LogP contribution is 2.46. The third kappa shape index (κ3) is 6.87. The van der Waals surface area contributed by atoms with Crippen molar-refractivity contribution in [2.24, 2.45) is 4.99 Å². The van der Waals surface area contributed by atoms with Crippen LogP contribution in [0.2, 0.25) is 10.0 Å². The highest BCUT2D eigenvalue weighted by molar-refractivity contribution is 6.39. The van der Waals surface area contributed by atoms with Gasteiger partial charge in [0.15, 0.2) is 0 Å². The SMILES string of the molecule is C/C=N\C1=C(CC)CCC(N(CCC)CCC(C)OCc2c(-c3c(Cl)cccc3Cl)noc2C2CC2)=C1. The average molecular weight is 545 g/mol. The summed E-state index contributed by atoms with van der Waals surface area (Å²) in [6, 6.07) is 5.51. The first-order chi connectivity index (χ1) is 18.0. The van der Waals surface area contributed by atoms with E-state index in [1.165, 1.54) is 11.3 Å². The second-order valence-electron chi connectivity index (χ2n) is 10.0. The molecule has 1 saturated carbocycles. The summed E-state index contributed by atoms with van der Waals surface area (Å²) in [5.41, 5.74) is 6.37. The summed E-state index contributed by atoms with van der Waals surface area (Å²) in [4.78, 5) is 7.16. The summed E-state index contributed by atoms with van der Waals surface area (Å²) in [7, 11) is 0. The van der Waals surface area contributed by atoms with Gasteiger partial charge in [-0.05, 0) is 82.6 Å². The van der Waals surface area contributed by atoms with Gasteiger partial charge in [0, 0.05) is 42.0 Å². The van der Waals surface area contributed by atoms with Crippen molar-refractivity contribution in [1.82, 2.24) is 10.1 Å². The molecule has 2 aliphatic rings. The van der Waals surface area contributed by atoms with E-state index in [9.17, 15) is 0 Å². The Morgan fingerprint density at radius 1 is 1.19 bits per heavy atom. The van der Waals surface area contributed by atoms with E-state index >= 15 is 0 Å². The van der Waals surface area contributed by atoms with Gasteiger partial charge in [0.1, 0.15) is 11.5 Å². The van der Waals surface area contributed by atoms with Gasteiger partial charge in [-0.25, -0.2) is 0 Å². The molecule has 0 N–H and O–H groups in total. The molecule has 7 heteroatoms. The molecule has 1 fully saturated rings. The molecular formula is C30H39Cl2N3O2. The summed E-state index contributed by atoms with van der Waals surface area (Å²) < 4.78 is 12.2. The van der Waals surface area contributed by atoms with E-state index in [0.717, 1.165) is 80.6 Å². The molecular weight excluding hydrogens is 505 g/mol. The lowest BCUT2D eigenvalue weighted by atomic mass is 9.97. The zero-order valence-electron chi connectivity index (χ0n) is 22.5. The molecule has 200 valence electrons. The smallest absolute Gasteiger partial charge is 0.145 e. The van der Waals surface area contributed by atoms with Crippen LogP contribution in [0.15, 0.2) is 50.8 Å². The number of rotatable bonds is 13. The second kappa shape index (κ2) is 13.1. The first-order valence-corrected chi connectivity index (χ1v) is 14.4. The predicted molar refractivity (Wildman–Crippen MR) is 153 cm³/mol. The first-order valence-electron chi connectivity index (χ1n) is 13.7. The monoisotopic (exact) mass is 543 g/mol. The maximum absolute atomic E-state index is 6.51. The molecule has 0 bridgehead atoms. The summed E-state index contributed by atoms with van der Waals surface area (Å²) in [6.07, 6.45) is 11.8. The lowest BCUT2D eigenvalue weighted by Crippen LogP contribution is -2.29. The van der Waals surface area contributed by atoms with Crippen LogP contribution < -0.4 is 0 Å². The number of hydrogen-bond acceptors (Lipinski definition) is 5. The van der Waals surface area contributed by atoms with Gasteiger partial charge in [-0.15, -0.1) is 0 Å². The molecule has 37 heavy (non-hydrogen) atoms. The highest BCUT2D eigenvalue weighted by atomic mass is 35.5. The minimum Gasteiger partial charge on any atom is -0.375 e. The van der Waals surface area contributed by atoms with Gasteiger partial charge < -0.3 is 14.2 Å². The van der Waals surface area contributed by atoms with E-state index in [0.29, 0.717) is 28.3 Å². The van der Waals surface area contributed by atoms with E-state index in [1.807, 2.05) is 31.3 Å². The van der Waals surface area contributed by atoms with Crippen molar-refractivity contribution in [3.8, 4) is 11.3 Å². The van der Waals surface area contributed by atoms with Crippen molar-refractivity contribution in [3.05, 3.63) is 62.6 Å². The maximum Gasteiger partial charge on any atom is 0.145 e. The van der Waals surface area contributed by atoms with Crippen LogP contribution >= 0.6 is 23.2 Å². The topological polar surface area (TPSA) is 50.9 Å². The van der Waals surface area contributed by atoms with Crippen LogP contribution in [0.1, 0.15) is 89.9 Å². The molecule has 5 nitrogen and oxygen atoms in total. The molecule has 2 aromatic rings. The number of hydrogen-bond donors (Lipinski definition) is 0. The van der Waals surface area contributed by atoms with Crippen molar-refractivity contribution in [3.63, 3.8) is 0 Å². The summed E-state index contributed by atoms with van der Waals surface area (Å²) in [5, 5.41) is 5.53. The van der Waals surface area contributed by atoms with Crippen LogP contribution in [0.4, 0.5) is 0 Å². The summed E-state index contributed by atoms with van der Waals surface area (Å²) >= 11 is 13.0. The molecule has 1 unspecified atom stereocenters. The number of nitrogens with zero attached hydrogens (tertiary/aromatic N) is 3. The molecule has 0 amide bonds. The molecule has 0 aliphatic heterocycles. The van der Waals surface area contributed by atoms with Gasteiger partial charge in [-0.2, -0.15) is 0 Å². The van der Waals surface area contributed by atoms with Gasteiger partial charge in [-0.3, -0.25) is 4.99 Å². The van der Waals surface area contributed by atoms with Crippen molar-refractivity contribution in [2.75, 3.05) is 13.1 Å². The van der Waals surface area contributed by atoms with Gasteiger partial charge in [0.05, 0.1) is 28.5 Å². The van der Waals surface area contributed by atoms with Crippen LogP contribution in [0.3, 0.4) is 0 Å². The number of allylic oxidation sites excluding steroid dienone is 3. The molecule has 1 heterocycles. The molecule has 0 saturated heterocycles. The zero-order chi connectivity index (χ0) is 26.4. The van der Waals surface area contributed by atoms with Gasteiger partial charge in [0.2, 0.25) is 0 Å². The Balaban J connectivity index is 1.44. The van der Waals surface area contributed by atoms with Crippen LogP contribution in [-0.4, -0.2) is 35.5 Å². The van der Waals surface area contributed by atoms with E-state index in [4.69, 9.17) is 32.5 Å². The minimum atomic E-state index is 0.0787. The quantitative estimate of drug-likeness (QED) is 0.236. The number of benzene rings is 1. The van der Waals surface area contributed by atoms with Crippen LogP contribution in [0, 0.1) is 0 Å². The fourth-order valence-corrected chi connectivity index (χ4v) is 5.55. The summed E-state index contributed by atoms with van der Waals surface area (Å²) in [6.45, 7) is 11.0. The number of halogens is 2. The largest absolute Gasteiger partial charge is 0.375 e. The van der Waals surface area contributed by atoms with Crippen molar-refractivity contribution < 1.29 is 9.26 Å². The minimum absolute atomic E-state index is 0.0787. The second-order valence-corrected chi connectivity index (χ2v) is 10.8. The van der Waals surface area contributed by atoms with E-state index in [1.54, 1.807) is 0 Å². The van der Waals surface area contributed by atoms with Gasteiger partial charge in [0.25, 0.3) is 0 Å². The third-order valence-corrected chi connectivity index (χ3v) is 7.86. The molecule has 1 aromatic heterocycles. The fourth-order valence-electron chi connectivity index (χ4n) is 4.98. The number of aliphatic imine (C=N–C) groups is 1. The van der Waals surface area contributed by atoms with Crippen molar-refractivity contribution in [2.45, 2.75) is 91.3 Å². The molecule has 0 radical (unpaired) electrons. The van der Waals surface area contributed by atoms with Gasteiger partial charge >= 0.3 is 0 Å². The zero-order valence-corrected chi connectivity index (χ0v) is 24.0. The normalized spacial score (nSPS) is 17.0. The van der Waals surface area contributed by atoms with E-state index in [-0.39, 0.29) is 6.10 Å². The van der Waals surface area contributed by atoms with Crippen LogP contribution in [0.5, 0.6) is 0 Å². The van der Waals surface area contributed by atoms with Crippen molar-refractivity contribution in [1.29, 1.82) is 0 Å². The van der Waals surface area contributed by atoms with E-state index < -0.39 is 0 Å².